The van der Waals surface area contributed by atoms with Crippen molar-refractivity contribution in [3.63, 3.8) is 0 Å². The Hall–Kier alpha value is -2.14. The van der Waals surface area contributed by atoms with Crippen LogP contribution in [-0.4, -0.2) is 54.0 Å². The van der Waals surface area contributed by atoms with Crippen LogP contribution in [0.25, 0.3) is 5.57 Å². The number of benzene rings is 1. The summed E-state index contributed by atoms with van der Waals surface area (Å²) in [4.78, 5) is 29.5. The maximum Gasteiger partial charge on any atom is 0.277 e. The molecule has 5 nitrogen and oxygen atoms in total. The summed E-state index contributed by atoms with van der Waals surface area (Å²) in [6.07, 6.45) is 4.03. The van der Waals surface area contributed by atoms with Gasteiger partial charge in [0.25, 0.3) is 11.8 Å². The summed E-state index contributed by atoms with van der Waals surface area (Å²) in [5, 5.41) is 0. The van der Waals surface area contributed by atoms with E-state index >= 15 is 0 Å². The summed E-state index contributed by atoms with van der Waals surface area (Å²) in [6, 6.07) is 9.55. The number of hydrogen-bond donors (Lipinski definition) is 0. The van der Waals surface area contributed by atoms with E-state index in [1.165, 1.54) is 4.90 Å². The van der Waals surface area contributed by atoms with Crippen LogP contribution in [-0.2, 0) is 14.3 Å². The van der Waals surface area contributed by atoms with Crippen molar-refractivity contribution < 1.29 is 14.3 Å². The molecule has 3 heterocycles. The molecule has 1 atom stereocenters. The highest BCUT2D eigenvalue weighted by molar-refractivity contribution is 6.35. The monoisotopic (exact) mass is 326 g/mol. The van der Waals surface area contributed by atoms with E-state index in [0.29, 0.717) is 17.8 Å². The van der Waals surface area contributed by atoms with Gasteiger partial charge in [-0.2, -0.15) is 0 Å². The van der Waals surface area contributed by atoms with Crippen LogP contribution in [0.1, 0.15) is 31.2 Å². The van der Waals surface area contributed by atoms with Crippen LogP contribution in [0.3, 0.4) is 0 Å². The second-order valence-corrected chi connectivity index (χ2v) is 6.64. The Morgan fingerprint density at radius 1 is 1.00 bits per heavy atom. The molecule has 0 radical (unpaired) electrons. The molecule has 0 aromatic heterocycles. The van der Waals surface area contributed by atoms with Gasteiger partial charge in [-0.1, -0.05) is 30.3 Å². The molecule has 0 bridgehead atoms. The molecular weight excluding hydrogens is 304 g/mol. The maximum absolute atomic E-state index is 13.0. The molecule has 0 aliphatic carbocycles. The Labute approximate surface area is 141 Å². The third-order valence-electron chi connectivity index (χ3n) is 5.04. The Morgan fingerprint density at radius 3 is 2.42 bits per heavy atom. The molecule has 2 fully saturated rings. The molecule has 2 saturated heterocycles. The van der Waals surface area contributed by atoms with Crippen LogP contribution in [0, 0.1) is 0 Å². The molecule has 5 heteroatoms. The van der Waals surface area contributed by atoms with E-state index in [0.717, 1.165) is 50.9 Å². The average Bonchev–Trinajstić information content (AvgIpc) is 3.33. The smallest absolute Gasteiger partial charge is 0.277 e. The zero-order chi connectivity index (χ0) is 16.5. The minimum Gasteiger partial charge on any atom is -0.376 e. The van der Waals surface area contributed by atoms with Gasteiger partial charge in [-0.3, -0.25) is 14.5 Å². The molecular formula is C19H22N2O3. The van der Waals surface area contributed by atoms with Crippen LogP contribution < -0.4 is 0 Å². The first-order chi connectivity index (χ1) is 11.8. The number of rotatable bonds is 4. The molecule has 3 aliphatic rings. The molecule has 1 aromatic carbocycles. The van der Waals surface area contributed by atoms with Crippen molar-refractivity contribution in [2.45, 2.75) is 31.8 Å². The Balaban J connectivity index is 1.69. The van der Waals surface area contributed by atoms with Crippen molar-refractivity contribution in [2.75, 3.05) is 26.2 Å². The van der Waals surface area contributed by atoms with E-state index in [1.54, 1.807) is 0 Å². The molecule has 1 aromatic rings. The summed E-state index contributed by atoms with van der Waals surface area (Å²) in [5.41, 5.74) is 1.97. The van der Waals surface area contributed by atoms with Crippen LogP contribution >= 0.6 is 0 Å². The van der Waals surface area contributed by atoms with Gasteiger partial charge in [-0.15, -0.1) is 0 Å². The molecule has 1 unspecified atom stereocenters. The van der Waals surface area contributed by atoms with Crippen molar-refractivity contribution in [3.8, 4) is 0 Å². The fraction of sp³-hybridized carbons (Fsp3) is 0.474. The van der Waals surface area contributed by atoms with Gasteiger partial charge in [0, 0.05) is 19.7 Å². The van der Waals surface area contributed by atoms with Gasteiger partial charge >= 0.3 is 0 Å². The van der Waals surface area contributed by atoms with Gasteiger partial charge in [-0.05, 0) is 31.2 Å². The summed E-state index contributed by atoms with van der Waals surface area (Å²) in [5.74, 6) is -0.333. The number of likely N-dealkylation sites (tertiary alicyclic amines) is 1. The molecule has 4 rings (SSSR count). The number of carbonyl (C=O) groups is 2. The molecule has 126 valence electrons. The molecule has 0 saturated carbocycles. The highest BCUT2D eigenvalue weighted by Crippen LogP contribution is 2.34. The Bertz CT molecular complexity index is 671. The minimum absolute atomic E-state index is 0.0205. The number of imide groups is 1. The molecule has 24 heavy (non-hydrogen) atoms. The SMILES string of the molecule is O=C1C(c2ccccc2)=C(N2CCCC2)C(=O)N1CC1CCCO1. The molecule has 0 N–H and O–H groups in total. The molecule has 0 spiro atoms. The topological polar surface area (TPSA) is 49.9 Å². The summed E-state index contributed by atoms with van der Waals surface area (Å²) in [7, 11) is 0. The van der Waals surface area contributed by atoms with Crippen molar-refractivity contribution >= 4 is 17.4 Å². The highest BCUT2D eigenvalue weighted by Gasteiger charge is 2.43. The highest BCUT2D eigenvalue weighted by atomic mass is 16.5. The van der Waals surface area contributed by atoms with E-state index in [-0.39, 0.29) is 17.9 Å². The average molecular weight is 326 g/mol. The first-order valence-corrected chi connectivity index (χ1v) is 8.78. The third-order valence-corrected chi connectivity index (χ3v) is 5.04. The second kappa shape index (κ2) is 6.40. The van der Waals surface area contributed by atoms with E-state index in [9.17, 15) is 9.59 Å². The van der Waals surface area contributed by atoms with Gasteiger partial charge in [0.2, 0.25) is 0 Å². The zero-order valence-corrected chi connectivity index (χ0v) is 13.7. The maximum atomic E-state index is 13.0. The van der Waals surface area contributed by atoms with Gasteiger partial charge in [0.05, 0.1) is 18.2 Å². The Kier molecular flexibility index (Phi) is 4.10. The second-order valence-electron chi connectivity index (χ2n) is 6.64. The lowest BCUT2D eigenvalue weighted by Crippen LogP contribution is -2.39. The van der Waals surface area contributed by atoms with E-state index < -0.39 is 0 Å². The lowest BCUT2D eigenvalue weighted by atomic mass is 10.0. The summed E-state index contributed by atoms with van der Waals surface area (Å²) < 4.78 is 5.63. The van der Waals surface area contributed by atoms with Crippen LogP contribution in [0.4, 0.5) is 0 Å². The third kappa shape index (κ3) is 2.63. The fourth-order valence-electron chi connectivity index (χ4n) is 3.82. The van der Waals surface area contributed by atoms with Crippen molar-refractivity contribution in [1.29, 1.82) is 0 Å². The zero-order valence-electron chi connectivity index (χ0n) is 13.7. The van der Waals surface area contributed by atoms with Crippen molar-refractivity contribution in [1.82, 2.24) is 9.80 Å². The lowest BCUT2D eigenvalue weighted by Gasteiger charge is -2.21. The van der Waals surface area contributed by atoms with E-state index in [1.807, 2.05) is 30.3 Å². The van der Waals surface area contributed by atoms with Crippen LogP contribution in [0.15, 0.2) is 36.0 Å². The van der Waals surface area contributed by atoms with E-state index in [4.69, 9.17) is 4.74 Å². The number of carbonyl (C=O) groups excluding carboxylic acids is 2. The Morgan fingerprint density at radius 2 is 1.75 bits per heavy atom. The van der Waals surface area contributed by atoms with Gasteiger partial charge in [0.1, 0.15) is 5.70 Å². The summed E-state index contributed by atoms with van der Waals surface area (Å²) in [6.45, 7) is 2.78. The largest absolute Gasteiger partial charge is 0.376 e. The van der Waals surface area contributed by atoms with Crippen LogP contribution in [0.5, 0.6) is 0 Å². The van der Waals surface area contributed by atoms with Gasteiger partial charge < -0.3 is 9.64 Å². The first-order valence-electron chi connectivity index (χ1n) is 8.78. The standard InChI is InChI=1S/C19H22N2O3/c22-18-16(14-7-2-1-3-8-14)17(20-10-4-5-11-20)19(23)21(18)13-15-9-6-12-24-15/h1-3,7-8,15H,4-6,9-13H2. The van der Waals surface area contributed by atoms with Gasteiger partial charge in [-0.25, -0.2) is 0 Å². The summed E-state index contributed by atoms with van der Waals surface area (Å²) >= 11 is 0. The molecule has 3 aliphatic heterocycles. The van der Waals surface area contributed by atoms with E-state index in [2.05, 4.69) is 4.90 Å². The normalized spacial score (nSPS) is 24.6. The molecule has 2 amide bonds. The van der Waals surface area contributed by atoms with Crippen molar-refractivity contribution in [3.05, 3.63) is 41.6 Å². The van der Waals surface area contributed by atoms with Gasteiger partial charge in [0.15, 0.2) is 0 Å². The quantitative estimate of drug-likeness (QED) is 0.795. The number of nitrogens with zero attached hydrogens (tertiary/aromatic N) is 2. The minimum atomic E-state index is -0.177. The fourth-order valence-corrected chi connectivity index (χ4v) is 3.82. The predicted octanol–water partition coefficient (Wildman–Crippen LogP) is 2.04. The number of hydrogen-bond acceptors (Lipinski definition) is 4. The lowest BCUT2D eigenvalue weighted by molar-refractivity contribution is -0.139. The van der Waals surface area contributed by atoms with Crippen LogP contribution in [0.2, 0.25) is 0 Å². The van der Waals surface area contributed by atoms with Crippen molar-refractivity contribution in [2.24, 2.45) is 0 Å². The predicted molar refractivity (Wildman–Crippen MR) is 89.9 cm³/mol. The number of amides is 2. The first kappa shape index (κ1) is 15.4. The number of ether oxygens (including phenoxy) is 1.